The Labute approximate surface area is 204 Å². The smallest absolute Gasteiger partial charge is 0.339 e. The van der Waals surface area contributed by atoms with Gasteiger partial charge in [-0.25, -0.2) is 13.4 Å². The van der Waals surface area contributed by atoms with Crippen molar-refractivity contribution in [1.82, 2.24) is 24.1 Å². The van der Waals surface area contributed by atoms with Crippen LogP contribution in [0, 0.1) is 0 Å². The van der Waals surface area contributed by atoms with Crippen molar-refractivity contribution in [3.63, 3.8) is 0 Å². The molecule has 1 aromatic heterocycles. The molecule has 1 N–H and O–H groups in total. The fourth-order valence-electron chi connectivity index (χ4n) is 4.90. The zero-order chi connectivity index (χ0) is 23.7. The number of alkyl halides is 2. The monoisotopic (exact) mass is 517 g/mol. The summed E-state index contributed by atoms with van der Waals surface area (Å²) in [6.45, 7) is 0.485. The molecular weight excluding hydrogens is 488 g/mol. The van der Waals surface area contributed by atoms with Crippen LogP contribution in [0.15, 0.2) is 47.9 Å². The number of hydrogen-bond acceptors (Lipinski definition) is 5. The Kier molecular flexibility index (Phi) is 8.01. The highest BCUT2D eigenvalue weighted by Crippen LogP contribution is 2.44. The van der Waals surface area contributed by atoms with Crippen molar-refractivity contribution >= 4 is 28.3 Å². The number of carbonyl (C=O) groups excluding carboxylic acids is 1. The lowest BCUT2D eigenvalue weighted by Gasteiger charge is -2.52. The van der Waals surface area contributed by atoms with E-state index in [0.29, 0.717) is 12.8 Å². The number of halogens is 3. The van der Waals surface area contributed by atoms with Gasteiger partial charge in [-0.15, -0.1) is 12.4 Å². The van der Waals surface area contributed by atoms with Gasteiger partial charge in [0.1, 0.15) is 5.54 Å². The van der Waals surface area contributed by atoms with E-state index >= 15 is 8.78 Å². The average molecular weight is 518 g/mol. The predicted octanol–water partition coefficient (Wildman–Crippen LogP) is 2.87. The third-order valence-corrected chi connectivity index (χ3v) is 8.49. The Balaban J connectivity index is 0.00000324. The van der Waals surface area contributed by atoms with Gasteiger partial charge < -0.3 is 4.57 Å². The van der Waals surface area contributed by atoms with Crippen LogP contribution in [0.3, 0.4) is 0 Å². The van der Waals surface area contributed by atoms with Crippen molar-refractivity contribution in [2.75, 3.05) is 26.2 Å². The Morgan fingerprint density at radius 2 is 1.68 bits per heavy atom. The van der Waals surface area contributed by atoms with Crippen LogP contribution in [0.1, 0.15) is 42.5 Å². The van der Waals surface area contributed by atoms with Gasteiger partial charge in [-0.2, -0.15) is 13.1 Å². The molecule has 1 saturated heterocycles. The number of hydrogen-bond donors (Lipinski definition) is 1. The van der Waals surface area contributed by atoms with Gasteiger partial charge >= 0.3 is 6.05 Å². The molecule has 12 heteroatoms. The number of sulfonamides is 1. The first-order chi connectivity index (χ1) is 15.7. The Bertz CT molecular complexity index is 1080. The van der Waals surface area contributed by atoms with Crippen molar-refractivity contribution in [2.45, 2.75) is 48.7 Å². The number of aryl methyl sites for hydroxylation is 1. The molecule has 0 radical (unpaired) electrons. The average Bonchev–Trinajstić information content (AvgIpc) is 3.27. The summed E-state index contributed by atoms with van der Waals surface area (Å²) in [7, 11) is -2.11. The van der Waals surface area contributed by atoms with E-state index in [1.807, 2.05) is 5.32 Å². The third-order valence-electron chi connectivity index (χ3n) is 6.70. The third kappa shape index (κ3) is 4.98. The maximum atomic E-state index is 15.8. The first kappa shape index (κ1) is 26.5. The number of rotatable bonds is 6. The van der Waals surface area contributed by atoms with Crippen LogP contribution in [0.5, 0.6) is 0 Å². The van der Waals surface area contributed by atoms with Crippen LogP contribution >= 0.6 is 12.4 Å². The van der Waals surface area contributed by atoms with E-state index in [9.17, 15) is 13.2 Å². The largest absolute Gasteiger partial charge is 0.343 e. The fourth-order valence-corrected chi connectivity index (χ4v) is 6.29. The van der Waals surface area contributed by atoms with Gasteiger partial charge in [0.25, 0.3) is 15.9 Å². The van der Waals surface area contributed by atoms with Crippen molar-refractivity contribution in [3.8, 4) is 0 Å². The lowest BCUT2D eigenvalue weighted by molar-refractivity contribution is -0.178. The number of amides is 1. The van der Waals surface area contributed by atoms with Gasteiger partial charge in [-0.05, 0) is 25.0 Å². The fraction of sp³-hybridized carbons (Fsp3) is 0.545. The number of piperazine rings is 1. The molecule has 34 heavy (non-hydrogen) atoms. The van der Waals surface area contributed by atoms with E-state index < -0.39 is 27.5 Å². The molecule has 1 aliphatic carbocycles. The molecule has 0 spiro atoms. The molecule has 0 bridgehead atoms. The van der Waals surface area contributed by atoms with Gasteiger partial charge in [0, 0.05) is 45.0 Å². The maximum absolute atomic E-state index is 15.8. The SMILES string of the molecule is Cl.Cn1cnc(S(=O)(=O)N2CCN(C3(C(F)(F)NC(=O)c4ccccc4)CCCCC3)CC2)c1. The minimum Gasteiger partial charge on any atom is -0.339 e. The molecule has 4 rings (SSSR count). The second-order valence-electron chi connectivity index (χ2n) is 8.76. The van der Waals surface area contributed by atoms with Gasteiger partial charge in [0.2, 0.25) is 0 Å². The minimum absolute atomic E-state index is 0. The highest BCUT2D eigenvalue weighted by atomic mass is 35.5. The van der Waals surface area contributed by atoms with Gasteiger partial charge in [-0.3, -0.25) is 15.0 Å². The number of benzene rings is 1. The number of nitrogens with one attached hydrogen (secondary N) is 1. The summed E-state index contributed by atoms with van der Waals surface area (Å²) >= 11 is 0. The van der Waals surface area contributed by atoms with Crippen molar-refractivity contribution in [2.24, 2.45) is 7.05 Å². The molecule has 188 valence electrons. The molecule has 2 aliphatic rings. The molecule has 1 saturated carbocycles. The van der Waals surface area contributed by atoms with Crippen LogP contribution < -0.4 is 5.32 Å². The number of nitrogens with zero attached hydrogens (tertiary/aromatic N) is 4. The van der Waals surface area contributed by atoms with Crippen molar-refractivity contribution in [1.29, 1.82) is 0 Å². The van der Waals surface area contributed by atoms with E-state index in [1.54, 1.807) is 34.7 Å². The molecule has 8 nitrogen and oxygen atoms in total. The molecule has 1 aliphatic heterocycles. The van der Waals surface area contributed by atoms with Crippen LogP contribution in [0.2, 0.25) is 0 Å². The Morgan fingerprint density at radius 1 is 1.06 bits per heavy atom. The molecule has 2 aromatic rings. The van der Waals surface area contributed by atoms with Crippen molar-refractivity contribution < 1.29 is 22.0 Å². The van der Waals surface area contributed by atoms with E-state index in [4.69, 9.17) is 0 Å². The number of aromatic nitrogens is 2. The molecular formula is C22H30ClF2N5O3S. The standard InChI is InChI=1S/C22H29F2N5O3S.ClH/c1-27-16-19(25-17-27)33(31,32)29-14-12-28(13-15-29)21(10-6-3-7-11-21)22(23,24)26-20(30)18-8-4-2-5-9-18;/h2,4-5,8-9,16-17H,3,6-7,10-15H2,1H3,(H,26,30);1H. The summed E-state index contributed by atoms with van der Waals surface area (Å²) in [5.74, 6) is -0.818. The van der Waals surface area contributed by atoms with Crippen LogP contribution in [-0.4, -0.2) is 70.8 Å². The van der Waals surface area contributed by atoms with Gasteiger partial charge in [0.15, 0.2) is 5.03 Å². The Hall–Kier alpha value is -2.08. The molecule has 2 fully saturated rings. The minimum atomic E-state index is -3.79. The lowest BCUT2D eigenvalue weighted by atomic mass is 9.77. The first-order valence-corrected chi connectivity index (χ1v) is 12.6. The normalized spacial score (nSPS) is 19.9. The van der Waals surface area contributed by atoms with Gasteiger partial charge in [-0.1, -0.05) is 37.5 Å². The zero-order valence-corrected chi connectivity index (χ0v) is 20.6. The van der Waals surface area contributed by atoms with Crippen LogP contribution in [-0.2, 0) is 17.1 Å². The summed E-state index contributed by atoms with van der Waals surface area (Å²) in [5, 5.41) is 1.94. The topological polar surface area (TPSA) is 87.5 Å². The molecule has 2 heterocycles. The van der Waals surface area contributed by atoms with Crippen LogP contribution in [0.25, 0.3) is 0 Å². The molecule has 1 amide bonds. The highest BCUT2D eigenvalue weighted by molar-refractivity contribution is 7.89. The van der Waals surface area contributed by atoms with Crippen LogP contribution in [0.4, 0.5) is 8.78 Å². The Morgan fingerprint density at radius 3 is 2.24 bits per heavy atom. The summed E-state index contributed by atoms with van der Waals surface area (Å²) in [6, 6.07) is 4.51. The molecule has 0 unspecified atom stereocenters. The molecule has 1 aromatic carbocycles. The zero-order valence-electron chi connectivity index (χ0n) is 19.0. The quantitative estimate of drug-likeness (QED) is 0.595. The summed E-state index contributed by atoms with van der Waals surface area (Å²) in [6.07, 6.45) is 5.43. The van der Waals surface area contributed by atoms with Crippen molar-refractivity contribution in [3.05, 3.63) is 48.4 Å². The number of carbonyl (C=O) groups is 1. The second-order valence-corrected chi connectivity index (χ2v) is 10.6. The number of imidazole rings is 1. The highest BCUT2D eigenvalue weighted by Gasteiger charge is 2.58. The molecule has 0 atom stereocenters. The lowest BCUT2D eigenvalue weighted by Crippen LogP contribution is -2.70. The summed E-state index contributed by atoms with van der Waals surface area (Å²) in [5.41, 5.74) is -1.37. The van der Waals surface area contributed by atoms with E-state index in [1.165, 1.54) is 29.0 Å². The van der Waals surface area contributed by atoms with E-state index in [0.717, 1.165) is 6.42 Å². The maximum Gasteiger partial charge on any atom is 0.343 e. The predicted molar refractivity (Wildman–Crippen MR) is 125 cm³/mol. The van der Waals surface area contributed by atoms with E-state index in [2.05, 4.69) is 4.98 Å². The van der Waals surface area contributed by atoms with Gasteiger partial charge in [0.05, 0.1) is 6.33 Å². The van der Waals surface area contributed by atoms with E-state index in [-0.39, 0.29) is 62.0 Å². The summed E-state index contributed by atoms with van der Waals surface area (Å²) < 4.78 is 60.2. The summed E-state index contributed by atoms with van der Waals surface area (Å²) in [4.78, 5) is 18.2. The second kappa shape index (κ2) is 10.3. The first-order valence-electron chi connectivity index (χ1n) is 11.1.